The van der Waals surface area contributed by atoms with Crippen molar-refractivity contribution in [2.75, 3.05) is 26.7 Å². The largest absolute Gasteiger partial charge is 0.381 e. The second kappa shape index (κ2) is 5.48. The first-order chi connectivity index (χ1) is 7.69. The molecule has 0 spiro atoms. The van der Waals surface area contributed by atoms with E-state index >= 15 is 0 Å². The van der Waals surface area contributed by atoms with Crippen molar-refractivity contribution < 1.29 is 4.74 Å². The minimum absolute atomic E-state index is 0.522. The fraction of sp³-hybridized carbons (Fsp3) is 1.00. The lowest BCUT2D eigenvalue weighted by Crippen LogP contribution is -2.46. The second-order valence-corrected chi connectivity index (χ2v) is 5.68. The number of ether oxygens (including phenoxy) is 1. The Balaban J connectivity index is 1.58. The number of hydrogen-bond donors (Lipinski definition) is 1. The summed E-state index contributed by atoms with van der Waals surface area (Å²) in [6.45, 7) is 8.36. The number of nitrogens with one attached hydrogen (secondary N) is 1. The summed E-state index contributed by atoms with van der Waals surface area (Å²) in [4.78, 5) is 2.59. The average Bonchev–Trinajstić information content (AvgIpc) is 2.64. The van der Waals surface area contributed by atoms with Crippen molar-refractivity contribution in [1.29, 1.82) is 0 Å². The van der Waals surface area contributed by atoms with E-state index < -0.39 is 0 Å². The third kappa shape index (κ3) is 2.96. The van der Waals surface area contributed by atoms with Gasteiger partial charge in [-0.2, -0.15) is 0 Å². The maximum Gasteiger partial charge on any atom is 0.0601 e. The van der Waals surface area contributed by atoms with E-state index in [0.29, 0.717) is 12.1 Å². The van der Waals surface area contributed by atoms with E-state index in [1.807, 2.05) is 7.11 Å². The van der Waals surface area contributed by atoms with E-state index in [-0.39, 0.29) is 0 Å². The summed E-state index contributed by atoms with van der Waals surface area (Å²) in [7, 11) is 1.82. The fourth-order valence-electron chi connectivity index (χ4n) is 2.76. The summed E-state index contributed by atoms with van der Waals surface area (Å²) in [6, 6.07) is 1.43. The maximum absolute atomic E-state index is 5.29. The molecule has 0 radical (unpaired) electrons. The number of rotatable bonds is 5. The summed E-state index contributed by atoms with van der Waals surface area (Å²) >= 11 is 0. The van der Waals surface area contributed by atoms with Crippen LogP contribution in [0.3, 0.4) is 0 Å². The molecule has 1 saturated heterocycles. The highest BCUT2D eigenvalue weighted by molar-refractivity contribution is 4.87. The molecule has 94 valence electrons. The van der Waals surface area contributed by atoms with Gasteiger partial charge in [-0.1, -0.05) is 0 Å². The zero-order valence-electron chi connectivity index (χ0n) is 10.9. The molecule has 2 aliphatic rings. The zero-order chi connectivity index (χ0) is 11.5. The molecule has 1 saturated carbocycles. The molecule has 3 heteroatoms. The summed E-state index contributed by atoms with van der Waals surface area (Å²) in [5, 5.41) is 3.68. The van der Waals surface area contributed by atoms with Crippen LogP contribution < -0.4 is 5.32 Å². The monoisotopic (exact) mass is 226 g/mol. The van der Waals surface area contributed by atoms with Crippen molar-refractivity contribution in [3.05, 3.63) is 0 Å². The number of methoxy groups -OCH3 is 1. The molecule has 2 rings (SSSR count). The van der Waals surface area contributed by atoms with Gasteiger partial charge in [-0.05, 0) is 52.1 Å². The van der Waals surface area contributed by atoms with Crippen molar-refractivity contribution >= 4 is 0 Å². The van der Waals surface area contributed by atoms with Crippen LogP contribution in [0.4, 0.5) is 0 Å². The Morgan fingerprint density at radius 2 is 2.12 bits per heavy atom. The molecule has 1 unspecified atom stereocenters. The molecule has 16 heavy (non-hydrogen) atoms. The first kappa shape index (κ1) is 12.3. The minimum Gasteiger partial charge on any atom is -0.381 e. The molecule has 3 nitrogen and oxygen atoms in total. The van der Waals surface area contributed by atoms with Crippen LogP contribution in [0, 0.1) is 5.92 Å². The first-order valence-corrected chi connectivity index (χ1v) is 6.69. The van der Waals surface area contributed by atoms with Crippen LogP contribution in [0.2, 0.25) is 0 Å². The molecule has 0 aromatic carbocycles. The molecule has 2 fully saturated rings. The molecule has 1 atom stereocenters. The van der Waals surface area contributed by atoms with Gasteiger partial charge in [-0.25, -0.2) is 0 Å². The Labute approximate surface area is 99.5 Å². The third-order valence-corrected chi connectivity index (χ3v) is 4.17. The van der Waals surface area contributed by atoms with Gasteiger partial charge in [-0.15, -0.1) is 0 Å². The quantitative estimate of drug-likeness (QED) is 0.768. The summed E-state index contributed by atoms with van der Waals surface area (Å²) in [5.74, 6) is 0.865. The molecule has 1 aliphatic heterocycles. The predicted molar refractivity (Wildman–Crippen MR) is 66.6 cm³/mol. The Hall–Kier alpha value is -0.120. The number of hydrogen-bond acceptors (Lipinski definition) is 3. The standard InChI is InChI=1S/C13H26N2O/c1-10(2)15-5-4-11(9-15)8-14-12-6-13(7-12)16-3/h10-14H,4-9H2,1-3H3. The molecule has 0 bridgehead atoms. The molecule has 0 aromatic heterocycles. The van der Waals surface area contributed by atoms with Gasteiger partial charge in [0.2, 0.25) is 0 Å². The van der Waals surface area contributed by atoms with E-state index in [9.17, 15) is 0 Å². The zero-order valence-corrected chi connectivity index (χ0v) is 10.9. The van der Waals surface area contributed by atoms with Gasteiger partial charge in [0.15, 0.2) is 0 Å². The minimum atomic E-state index is 0.522. The molecule has 0 aromatic rings. The first-order valence-electron chi connectivity index (χ1n) is 6.69. The van der Waals surface area contributed by atoms with Gasteiger partial charge in [0.1, 0.15) is 0 Å². The van der Waals surface area contributed by atoms with Crippen LogP contribution in [0.25, 0.3) is 0 Å². The van der Waals surface area contributed by atoms with E-state index in [4.69, 9.17) is 4.74 Å². The molecule has 1 N–H and O–H groups in total. The van der Waals surface area contributed by atoms with Crippen LogP contribution in [0.5, 0.6) is 0 Å². The van der Waals surface area contributed by atoms with E-state index in [0.717, 1.165) is 12.0 Å². The molecule has 1 heterocycles. The molecule has 1 aliphatic carbocycles. The highest BCUT2D eigenvalue weighted by Crippen LogP contribution is 2.24. The Morgan fingerprint density at radius 3 is 2.69 bits per heavy atom. The number of nitrogens with zero attached hydrogens (tertiary/aromatic N) is 1. The lowest BCUT2D eigenvalue weighted by atomic mass is 9.89. The van der Waals surface area contributed by atoms with Gasteiger partial charge in [0, 0.05) is 25.7 Å². The van der Waals surface area contributed by atoms with Crippen LogP contribution in [-0.4, -0.2) is 49.8 Å². The lowest BCUT2D eigenvalue weighted by molar-refractivity contribution is 0.0165. The summed E-state index contributed by atoms with van der Waals surface area (Å²) < 4.78 is 5.29. The second-order valence-electron chi connectivity index (χ2n) is 5.68. The Kier molecular flexibility index (Phi) is 4.22. The van der Waals surface area contributed by atoms with Gasteiger partial charge in [0.25, 0.3) is 0 Å². The van der Waals surface area contributed by atoms with Crippen molar-refractivity contribution in [1.82, 2.24) is 10.2 Å². The molecule has 0 amide bonds. The van der Waals surface area contributed by atoms with Crippen molar-refractivity contribution in [2.45, 2.75) is 51.3 Å². The van der Waals surface area contributed by atoms with Gasteiger partial charge >= 0.3 is 0 Å². The van der Waals surface area contributed by atoms with Crippen LogP contribution in [0.15, 0.2) is 0 Å². The highest BCUT2D eigenvalue weighted by Gasteiger charge is 2.30. The van der Waals surface area contributed by atoms with Gasteiger partial charge < -0.3 is 15.0 Å². The average molecular weight is 226 g/mol. The van der Waals surface area contributed by atoms with E-state index in [1.54, 1.807) is 0 Å². The van der Waals surface area contributed by atoms with Crippen LogP contribution in [-0.2, 0) is 4.74 Å². The predicted octanol–water partition coefficient (Wildman–Crippen LogP) is 1.48. The third-order valence-electron chi connectivity index (χ3n) is 4.17. The SMILES string of the molecule is COC1CC(NCC2CCN(C(C)C)C2)C1. The van der Waals surface area contributed by atoms with Crippen LogP contribution >= 0.6 is 0 Å². The summed E-state index contributed by atoms with van der Waals surface area (Å²) in [6.07, 6.45) is 4.30. The van der Waals surface area contributed by atoms with Crippen LogP contribution in [0.1, 0.15) is 33.1 Å². The maximum atomic E-state index is 5.29. The normalized spacial score (nSPS) is 35.6. The smallest absolute Gasteiger partial charge is 0.0601 e. The summed E-state index contributed by atoms with van der Waals surface area (Å²) in [5.41, 5.74) is 0. The molecular weight excluding hydrogens is 200 g/mol. The lowest BCUT2D eigenvalue weighted by Gasteiger charge is -2.35. The van der Waals surface area contributed by atoms with Gasteiger partial charge in [-0.3, -0.25) is 0 Å². The Morgan fingerprint density at radius 1 is 1.38 bits per heavy atom. The molecular formula is C13H26N2O. The van der Waals surface area contributed by atoms with Crippen molar-refractivity contribution in [3.8, 4) is 0 Å². The van der Waals surface area contributed by atoms with E-state index in [2.05, 4.69) is 24.1 Å². The highest BCUT2D eigenvalue weighted by atomic mass is 16.5. The van der Waals surface area contributed by atoms with Gasteiger partial charge in [0.05, 0.1) is 6.10 Å². The Bertz CT molecular complexity index is 214. The van der Waals surface area contributed by atoms with Crippen molar-refractivity contribution in [2.24, 2.45) is 5.92 Å². The fourth-order valence-corrected chi connectivity index (χ4v) is 2.76. The number of likely N-dealkylation sites (tertiary alicyclic amines) is 1. The van der Waals surface area contributed by atoms with E-state index in [1.165, 1.54) is 38.9 Å². The van der Waals surface area contributed by atoms with Crippen molar-refractivity contribution in [3.63, 3.8) is 0 Å². The topological polar surface area (TPSA) is 24.5 Å².